The maximum Gasteiger partial charge on any atom is 0.252 e. The number of anilines is 6. The van der Waals surface area contributed by atoms with Gasteiger partial charge in [0.25, 0.3) is 6.71 Å². The monoisotopic (exact) mass is 684 g/mol. The van der Waals surface area contributed by atoms with Crippen molar-refractivity contribution >= 4 is 101 Å². The number of furan rings is 1. The average molecular weight is 685 g/mol. The number of para-hydroxylation sites is 6. The molecule has 8 aromatic carbocycles. The first-order chi connectivity index (χ1) is 30.1. The second kappa shape index (κ2) is 10.8. The molecule has 0 atom stereocenters. The zero-order valence-electron chi connectivity index (χ0n) is 37.0. The summed E-state index contributed by atoms with van der Waals surface area (Å²) in [6.07, 6.45) is 0. The second-order valence-electron chi connectivity index (χ2n) is 13.4. The van der Waals surface area contributed by atoms with Gasteiger partial charge < -0.3 is 18.8 Å². The van der Waals surface area contributed by atoms with Crippen molar-refractivity contribution in [1.82, 2.24) is 4.57 Å². The lowest BCUT2D eigenvalue weighted by Crippen LogP contribution is -2.60. The van der Waals surface area contributed by atoms with Gasteiger partial charge in [-0.05, 0) is 89.1 Å². The number of hydrogen-bond acceptors (Lipinski definition) is 3. The van der Waals surface area contributed by atoms with Gasteiger partial charge in [-0.3, -0.25) is 0 Å². The molecule has 2 aliphatic heterocycles. The Morgan fingerprint density at radius 1 is 0.509 bits per heavy atom. The Morgan fingerprint density at radius 2 is 1.19 bits per heavy atom. The summed E-state index contributed by atoms with van der Waals surface area (Å²) in [5, 5.41) is 3.73. The van der Waals surface area contributed by atoms with E-state index < -0.39 is 55.1 Å². The minimum atomic E-state index is -0.759. The Labute approximate surface area is 319 Å². The second-order valence-corrected chi connectivity index (χ2v) is 13.4. The molecule has 2 aliphatic rings. The maximum atomic E-state index is 9.61. The Kier molecular flexibility index (Phi) is 4.35. The molecule has 0 radical (unpaired) electrons. The van der Waals surface area contributed by atoms with Gasteiger partial charge in [0.05, 0.1) is 28.9 Å². The molecule has 10 aromatic rings. The lowest BCUT2D eigenvalue weighted by molar-refractivity contribution is 0.669. The molecule has 0 saturated heterocycles. The third kappa shape index (κ3) is 3.91. The average Bonchev–Trinajstić information content (AvgIpc) is 3.85. The number of aromatic nitrogens is 1. The molecular formula is C48H30BN3O. The van der Waals surface area contributed by atoms with Gasteiger partial charge in [-0.25, -0.2) is 0 Å². The van der Waals surface area contributed by atoms with E-state index in [-0.39, 0.29) is 22.9 Å². The third-order valence-electron chi connectivity index (χ3n) is 10.7. The minimum Gasteiger partial charge on any atom is -0.456 e. The molecule has 0 amide bonds. The van der Waals surface area contributed by atoms with Crippen LogP contribution < -0.4 is 26.2 Å². The molecule has 0 unspecified atom stereocenters. The van der Waals surface area contributed by atoms with Gasteiger partial charge in [-0.15, -0.1) is 0 Å². The van der Waals surface area contributed by atoms with E-state index >= 15 is 0 Å². The molecule has 246 valence electrons. The molecule has 0 aliphatic carbocycles. The molecule has 5 heteroatoms. The zero-order chi connectivity index (χ0) is 42.5. The van der Waals surface area contributed by atoms with Crippen LogP contribution in [-0.4, -0.2) is 11.3 Å². The van der Waals surface area contributed by atoms with Crippen LogP contribution in [0.2, 0.25) is 0 Å². The molecule has 12 rings (SSSR count). The van der Waals surface area contributed by atoms with Crippen LogP contribution >= 0.6 is 0 Å². The smallest absolute Gasteiger partial charge is 0.252 e. The van der Waals surface area contributed by atoms with Gasteiger partial charge in [-0.1, -0.05) is 109 Å². The van der Waals surface area contributed by atoms with Gasteiger partial charge in [0.1, 0.15) is 11.2 Å². The summed E-state index contributed by atoms with van der Waals surface area (Å²) in [6.45, 7) is -0.759. The summed E-state index contributed by atoms with van der Waals surface area (Å²) >= 11 is 0. The van der Waals surface area contributed by atoms with Gasteiger partial charge in [-0.2, -0.15) is 0 Å². The molecule has 53 heavy (non-hydrogen) atoms. The van der Waals surface area contributed by atoms with E-state index in [4.69, 9.17) is 11.3 Å². The maximum absolute atomic E-state index is 9.61. The normalized spacial score (nSPS) is 15.2. The van der Waals surface area contributed by atoms with Gasteiger partial charge in [0, 0.05) is 55.8 Å². The van der Waals surface area contributed by atoms with Crippen molar-refractivity contribution in [3.63, 3.8) is 0 Å². The van der Waals surface area contributed by atoms with E-state index in [1.807, 2.05) is 109 Å². The minimum absolute atomic E-state index is 0.0193. The van der Waals surface area contributed by atoms with Crippen LogP contribution in [0.3, 0.4) is 0 Å². The molecule has 4 heterocycles. The van der Waals surface area contributed by atoms with Crippen molar-refractivity contribution in [2.75, 3.05) is 9.80 Å². The van der Waals surface area contributed by atoms with E-state index in [0.717, 1.165) is 55.0 Å². The van der Waals surface area contributed by atoms with Crippen LogP contribution in [0.25, 0.3) is 49.4 Å². The van der Waals surface area contributed by atoms with Gasteiger partial charge >= 0.3 is 0 Å². The quantitative estimate of drug-likeness (QED) is 0.173. The van der Waals surface area contributed by atoms with E-state index in [1.165, 1.54) is 4.90 Å². The molecule has 0 spiro atoms. The van der Waals surface area contributed by atoms with Crippen LogP contribution in [0.5, 0.6) is 0 Å². The number of hydrogen-bond donors (Lipinski definition) is 0. The first-order valence-electron chi connectivity index (χ1n) is 22.0. The fraction of sp³-hybridized carbons (Fsp3) is 0. The van der Waals surface area contributed by atoms with E-state index in [2.05, 4.69) is 27.7 Å². The van der Waals surface area contributed by atoms with E-state index in [9.17, 15) is 5.48 Å². The summed E-state index contributed by atoms with van der Waals surface area (Å²) in [6, 6.07) is 37.4. The standard InChI is InChI=1S/C48H30BN3O/c1-4-15-31(16-5-1)50(32-17-6-2-7-18-32)34-29-41-46-42(30-34)52-47-35(36-27-28-44-45(48(36)52)37-21-10-13-26-43(37)53-44)22-14-24-39(47)49(46)38-23-11-12-25-40(38)51(41)33-19-8-3-9-20-33/h1-30H/i3D,8D,9D,11D,12D,19D,20D,23D,25D. The van der Waals surface area contributed by atoms with Crippen molar-refractivity contribution in [2.45, 2.75) is 0 Å². The largest absolute Gasteiger partial charge is 0.456 e. The molecule has 0 saturated carbocycles. The summed E-state index contributed by atoms with van der Waals surface area (Å²) in [5.41, 5.74) is 8.10. The Bertz CT molecular complexity index is 3540. The molecule has 0 bridgehead atoms. The summed E-state index contributed by atoms with van der Waals surface area (Å²) in [5.74, 6) is 0. The van der Waals surface area contributed by atoms with Crippen LogP contribution in [0.15, 0.2) is 186 Å². The van der Waals surface area contributed by atoms with Crippen LogP contribution in [0.4, 0.5) is 34.1 Å². The number of benzene rings is 8. The lowest BCUT2D eigenvalue weighted by Gasteiger charge is -2.41. The molecule has 4 nitrogen and oxygen atoms in total. The van der Waals surface area contributed by atoms with Crippen molar-refractivity contribution in [2.24, 2.45) is 0 Å². The van der Waals surface area contributed by atoms with Crippen molar-refractivity contribution in [1.29, 1.82) is 0 Å². The van der Waals surface area contributed by atoms with Crippen LogP contribution in [-0.2, 0) is 0 Å². The predicted octanol–water partition coefficient (Wildman–Crippen LogP) is 10.8. The van der Waals surface area contributed by atoms with Gasteiger partial charge in [0.15, 0.2) is 0 Å². The highest BCUT2D eigenvalue weighted by Crippen LogP contribution is 2.47. The molecule has 0 fully saturated rings. The Hall–Kier alpha value is -6.98. The van der Waals surface area contributed by atoms with E-state index in [0.29, 0.717) is 28.1 Å². The number of fused-ring (bicyclic) bond motifs is 11. The highest BCUT2D eigenvalue weighted by Gasteiger charge is 2.42. The lowest BCUT2D eigenvalue weighted by atomic mass is 9.34. The zero-order valence-corrected chi connectivity index (χ0v) is 28.0. The number of rotatable bonds is 4. The summed E-state index contributed by atoms with van der Waals surface area (Å²) in [7, 11) is 0. The summed E-state index contributed by atoms with van der Waals surface area (Å²) < 4.78 is 90.8. The molecular weight excluding hydrogens is 645 g/mol. The van der Waals surface area contributed by atoms with Crippen molar-refractivity contribution in [3.8, 4) is 5.69 Å². The van der Waals surface area contributed by atoms with Crippen LogP contribution in [0.1, 0.15) is 12.3 Å². The molecule has 0 N–H and O–H groups in total. The fourth-order valence-electron chi connectivity index (χ4n) is 8.73. The predicted molar refractivity (Wildman–Crippen MR) is 222 cm³/mol. The molecule has 2 aromatic heterocycles. The summed E-state index contributed by atoms with van der Waals surface area (Å²) in [4.78, 5) is 3.58. The van der Waals surface area contributed by atoms with Crippen molar-refractivity contribution in [3.05, 3.63) is 182 Å². The first kappa shape index (κ1) is 21.4. The SMILES string of the molecule is [2H]c1c([2H])c([2H])c(N2c3cc(N(c4ccccc4)c4ccccc4)cc4c3B(c3c([2H])c([2H])c([2H])c([2H])c32)c2cccc3c5ccc6oc7ccccc7c6c5n-4c23)c([2H])c1[2H]. The third-order valence-corrected chi connectivity index (χ3v) is 10.7. The fourth-order valence-corrected chi connectivity index (χ4v) is 8.73. The highest BCUT2D eigenvalue weighted by atomic mass is 16.3. The van der Waals surface area contributed by atoms with Crippen LogP contribution in [0, 0.1) is 0 Å². The highest BCUT2D eigenvalue weighted by molar-refractivity contribution is 7.00. The van der Waals surface area contributed by atoms with Crippen molar-refractivity contribution < 1.29 is 16.8 Å². The number of nitrogens with zero attached hydrogens (tertiary/aromatic N) is 3. The van der Waals surface area contributed by atoms with Gasteiger partial charge in [0.2, 0.25) is 0 Å². The Balaban J connectivity index is 1.34. The topological polar surface area (TPSA) is 24.6 Å². The Morgan fingerprint density at radius 3 is 2.00 bits per heavy atom. The van der Waals surface area contributed by atoms with E-state index in [1.54, 1.807) is 0 Å². The first-order valence-corrected chi connectivity index (χ1v) is 17.5.